The monoisotopic (exact) mass is 349 g/mol. The van der Waals surface area contributed by atoms with E-state index in [-0.39, 0.29) is 18.3 Å². The summed E-state index contributed by atoms with van der Waals surface area (Å²) < 4.78 is 0. The molecule has 2 aromatic rings. The molecule has 0 aliphatic carbocycles. The van der Waals surface area contributed by atoms with Gasteiger partial charge >= 0.3 is 0 Å². The van der Waals surface area contributed by atoms with E-state index in [0.717, 1.165) is 36.6 Å². The summed E-state index contributed by atoms with van der Waals surface area (Å²) in [5.74, 6) is 2.23. The molecule has 3 rings (SSSR count). The van der Waals surface area contributed by atoms with Crippen molar-refractivity contribution in [2.45, 2.75) is 32.6 Å². The molecule has 1 saturated heterocycles. The quantitative estimate of drug-likeness (QED) is 0.775. The molecule has 0 spiro atoms. The van der Waals surface area contributed by atoms with Gasteiger partial charge in [-0.15, -0.1) is 12.4 Å². The van der Waals surface area contributed by atoms with Crippen LogP contribution in [0.3, 0.4) is 0 Å². The summed E-state index contributed by atoms with van der Waals surface area (Å²) in [6, 6.07) is 7.63. The first-order valence-corrected chi connectivity index (χ1v) is 8.21. The summed E-state index contributed by atoms with van der Waals surface area (Å²) in [6.07, 6.45) is 3.92. The Hall–Kier alpha value is -1.92. The Morgan fingerprint density at radius 2 is 1.96 bits per heavy atom. The Kier molecular flexibility index (Phi) is 6.75. The van der Waals surface area contributed by atoms with E-state index in [9.17, 15) is 4.79 Å². The molecule has 24 heavy (non-hydrogen) atoms. The smallest absolute Gasteiger partial charge is 0.224 e. The van der Waals surface area contributed by atoms with E-state index >= 15 is 0 Å². The molecule has 7 heteroatoms. The van der Waals surface area contributed by atoms with Crippen molar-refractivity contribution < 1.29 is 4.79 Å². The van der Waals surface area contributed by atoms with Crippen LogP contribution in [0.25, 0.3) is 11.4 Å². The zero-order valence-corrected chi connectivity index (χ0v) is 14.7. The molecule has 1 aliphatic rings. The van der Waals surface area contributed by atoms with Crippen LogP contribution < -0.4 is 10.6 Å². The van der Waals surface area contributed by atoms with Gasteiger partial charge in [-0.05, 0) is 69.5 Å². The van der Waals surface area contributed by atoms with Gasteiger partial charge in [0.2, 0.25) is 5.91 Å². The number of nitrogens with one attached hydrogen (secondary N) is 3. The third kappa shape index (κ3) is 5.04. The number of rotatable bonds is 5. The number of aromatic amines is 1. The second kappa shape index (κ2) is 8.80. The highest BCUT2D eigenvalue weighted by molar-refractivity contribution is 5.90. The summed E-state index contributed by atoms with van der Waals surface area (Å²) in [5, 5.41) is 13.3. The van der Waals surface area contributed by atoms with Gasteiger partial charge in [0.1, 0.15) is 5.82 Å². The van der Waals surface area contributed by atoms with Gasteiger partial charge in [-0.1, -0.05) is 0 Å². The Bertz CT molecular complexity index is 649. The van der Waals surface area contributed by atoms with E-state index in [1.54, 1.807) is 0 Å². The highest BCUT2D eigenvalue weighted by Crippen LogP contribution is 2.20. The second-order valence-corrected chi connectivity index (χ2v) is 6.10. The van der Waals surface area contributed by atoms with Crippen LogP contribution in [0.4, 0.5) is 5.69 Å². The lowest BCUT2D eigenvalue weighted by Gasteiger charge is -2.22. The molecule has 1 amide bonds. The molecular formula is C17H24ClN5O. The number of halogens is 1. The van der Waals surface area contributed by atoms with E-state index in [1.165, 1.54) is 12.8 Å². The van der Waals surface area contributed by atoms with Crippen LogP contribution in [0.15, 0.2) is 24.3 Å². The fraction of sp³-hybridized carbons (Fsp3) is 0.471. The molecule has 1 aliphatic heterocycles. The van der Waals surface area contributed by atoms with Crippen LogP contribution in [-0.4, -0.2) is 34.2 Å². The molecule has 130 valence electrons. The van der Waals surface area contributed by atoms with Crippen molar-refractivity contribution in [2.75, 3.05) is 18.4 Å². The van der Waals surface area contributed by atoms with Gasteiger partial charge < -0.3 is 10.6 Å². The summed E-state index contributed by atoms with van der Waals surface area (Å²) >= 11 is 0. The average molecular weight is 350 g/mol. The summed E-state index contributed by atoms with van der Waals surface area (Å²) in [6.45, 7) is 4.02. The van der Waals surface area contributed by atoms with Crippen molar-refractivity contribution in [3.8, 4) is 11.4 Å². The molecule has 1 aromatic carbocycles. The molecule has 0 radical (unpaired) electrons. The first-order valence-electron chi connectivity index (χ1n) is 8.21. The summed E-state index contributed by atoms with van der Waals surface area (Å²) in [4.78, 5) is 16.4. The first kappa shape index (κ1) is 18.4. The van der Waals surface area contributed by atoms with E-state index in [1.807, 2.05) is 31.2 Å². The van der Waals surface area contributed by atoms with Crippen molar-refractivity contribution >= 4 is 24.0 Å². The first-order chi connectivity index (χ1) is 11.2. The lowest BCUT2D eigenvalue weighted by molar-refractivity contribution is -0.116. The third-order valence-corrected chi connectivity index (χ3v) is 4.26. The normalized spacial score (nSPS) is 14.9. The predicted molar refractivity (Wildman–Crippen MR) is 97.3 cm³/mol. The van der Waals surface area contributed by atoms with Gasteiger partial charge in [-0.3, -0.25) is 9.89 Å². The van der Waals surface area contributed by atoms with Crippen LogP contribution >= 0.6 is 12.4 Å². The molecule has 6 nitrogen and oxygen atoms in total. The summed E-state index contributed by atoms with van der Waals surface area (Å²) in [7, 11) is 0. The van der Waals surface area contributed by atoms with Crippen molar-refractivity contribution in [2.24, 2.45) is 5.92 Å². The number of aryl methyl sites for hydroxylation is 1. The second-order valence-electron chi connectivity index (χ2n) is 6.10. The standard InChI is InChI=1S/C17H23N5O.ClH/c1-12-19-17(22-21-12)14-3-5-15(6-4-14)20-16(23)7-2-13-8-10-18-11-9-13;/h3-6,13,18H,2,7-11H2,1H3,(H,20,23)(H,19,21,22);1H. The van der Waals surface area contributed by atoms with E-state index in [4.69, 9.17) is 0 Å². The highest BCUT2D eigenvalue weighted by Gasteiger charge is 2.14. The molecule has 0 saturated carbocycles. The maximum Gasteiger partial charge on any atom is 0.224 e. The largest absolute Gasteiger partial charge is 0.326 e. The van der Waals surface area contributed by atoms with Gasteiger partial charge in [0.15, 0.2) is 5.82 Å². The molecule has 2 heterocycles. The van der Waals surface area contributed by atoms with E-state index < -0.39 is 0 Å². The van der Waals surface area contributed by atoms with Gasteiger partial charge in [0.05, 0.1) is 0 Å². The molecule has 0 bridgehead atoms. The topological polar surface area (TPSA) is 82.7 Å². The molecule has 1 fully saturated rings. The Balaban J connectivity index is 0.00000208. The number of benzene rings is 1. The lowest BCUT2D eigenvalue weighted by atomic mass is 9.93. The number of aromatic nitrogens is 3. The molecule has 3 N–H and O–H groups in total. The maximum absolute atomic E-state index is 12.1. The zero-order chi connectivity index (χ0) is 16.1. The van der Waals surface area contributed by atoms with Gasteiger partial charge in [-0.2, -0.15) is 5.10 Å². The van der Waals surface area contributed by atoms with Crippen molar-refractivity contribution in [3.63, 3.8) is 0 Å². The third-order valence-electron chi connectivity index (χ3n) is 4.26. The van der Waals surface area contributed by atoms with Crippen LogP contribution in [-0.2, 0) is 4.79 Å². The Labute approximate surface area is 148 Å². The fourth-order valence-corrected chi connectivity index (χ4v) is 2.90. The SMILES string of the molecule is Cc1nc(-c2ccc(NC(=O)CCC3CCNCC3)cc2)n[nH]1.Cl. The Morgan fingerprint density at radius 3 is 2.58 bits per heavy atom. The summed E-state index contributed by atoms with van der Waals surface area (Å²) in [5.41, 5.74) is 1.75. The number of amides is 1. The minimum atomic E-state index is 0. The number of hydrogen-bond acceptors (Lipinski definition) is 4. The fourth-order valence-electron chi connectivity index (χ4n) is 2.90. The molecule has 0 unspecified atom stereocenters. The van der Waals surface area contributed by atoms with E-state index in [2.05, 4.69) is 25.8 Å². The number of piperidine rings is 1. The number of carbonyl (C=O) groups excluding carboxylic acids is 1. The molecule has 1 aromatic heterocycles. The molecule has 0 atom stereocenters. The number of anilines is 1. The van der Waals surface area contributed by atoms with Gasteiger partial charge in [0.25, 0.3) is 0 Å². The van der Waals surface area contributed by atoms with Gasteiger partial charge in [-0.25, -0.2) is 4.98 Å². The van der Waals surface area contributed by atoms with Crippen LogP contribution in [0, 0.1) is 12.8 Å². The van der Waals surface area contributed by atoms with Crippen molar-refractivity contribution in [1.29, 1.82) is 0 Å². The van der Waals surface area contributed by atoms with Crippen LogP contribution in [0.5, 0.6) is 0 Å². The maximum atomic E-state index is 12.1. The van der Waals surface area contributed by atoms with Crippen LogP contribution in [0.1, 0.15) is 31.5 Å². The number of hydrogen-bond donors (Lipinski definition) is 3. The zero-order valence-electron chi connectivity index (χ0n) is 13.8. The van der Waals surface area contributed by atoms with E-state index in [0.29, 0.717) is 18.2 Å². The number of nitrogens with zero attached hydrogens (tertiary/aromatic N) is 2. The Morgan fingerprint density at radius 1 is 1.25 bits per heavy atom. The lowest BCUT2D eigenvalue weighted by Crippen LogP contribution is -2.28. The van der Waals surface area contributed by atoms with Crippen molar-refractivity contribution in [3.05, 3.63) is 30.1 Å². The van der Waals surface area contributed by atoms with Gasteiger partial charge in [0, 0.05) is 17.7 Å². The minimum absolute atomic E-state index is 0. The number of H-pyrrole nitrogens is 1. The number of carbonyl (C=O) groups is 1. The highest BCUT2D eigenvalue weighted by atomic mass is 35.5. The van der Waals surface area contributed by atoms with Crippen molar-refractivity contribution in [1.82, 2.24) is 20.5 Å². The van der Waals surface area contributed by atoms with Crippen LogP contribution in [0.2, 0.25) is 0 Å². The minimum Gasteiger partial charge on any atom is -0.326 e. The molecular weight excluding hydrogens is 326 g/mol. The average Bonchev–Trinajstić information content (AvgIpc) is 3.01. The predicted octanol–water partition coefficient (Wildman–Crippen LogP) is 2.92.